The van der Waals surface area contributed by atoms with Crippen LogP contribution in [0.4, 0.5) is 0 Å². The van der Waals surface area contributed by atoms with Gasteiger partial charge in [-0.15, -0.1) is 11.3 Å². The molecule has 2 aromatic carbocycles. The molecular weight excluding hydrogens is 454 g/mol. The summed E-state index contributed by atoms with van der Waals surface area (Å²) in [6.45, 7) is 1.70. The predicted molar refractivity (Wildman–Crippen MR) is 131 cm³/mol. The third-order valence-corrected chi connectivity index (χ3v) is 6.33. The third kappa shape index (κ3) is 4.60. The summed E-state index contributed by atoms with van der Waals surface area (Å²) in [4.78, 5) is 29.9. The number of fused-ring (bicyclic) bond motifs is 1. The maximum Gasteiger partial charge on any atom is 0.345 e. The van der Waals surface area contributed by atoms with Crippen molar-refractivity contribution in [3.63, 3.8) is 0 Å². The molecule has 0 radical (unpaired) electrons. The number of aromatic nitrogens is 1. The summed E-state index contributed by atoms with van der Waals surface area (Å²) < 4.78 is 10.8. The molecule has 0 unspecified atom stereocenters. The molecule has 4 aromatic rings. The Morgan fingerprint density at radius 1 is 1.00 bits per heavy atom. The number of nitrogens with zero attached hydrogens (tertiary/aromatic N) is 2. The van der Waals surface area contributed by atoms with Gasteiger partial charge in [-0.2, -0.15) is 5.10 Å². The number of para-hydroxylation sites is 1. The number of aromatic carboxylic acids is 1. The molecule has 4 rings (SSSR count). The van der Waals surface area contributed by atoms with Crippen molar-refractivity contribution >= 4 is 39.8 Å². The quantitative estimate of drug-likeness (QED) is 0.293. The molecule has 0 aliphatic carbocycles. The van der Waals surface area contributed by atoms with Gasteiger partial charge < -0.3 is 14.6 Å². The molecule has 2 heterocycles. The minimum Gasteiger partial charge on any atom is -0.497 e. The van der Waals surface area contributed by atoms with E-state index in [1.165, 1.54) is 6.07 Å². The van der Waals surface area contributed by atoms with Crippen molar-refractivity contribution in [3.05, 3.63) is 76.0 Å². The summed E-state index contributed by atoms with van der Waals surface area (Å²) in [6, 6.07) is 17.6. The molecule has 0 fully saturated rings. The summed E-state index contributed by atoms with van der Waals surface area (Å²) in [7, 11) is 3.14. The predicted octanol–water partition coefficient (Wildman–Crippen LogP) is 4.83. The fourth-order valence-corrected chi connectivity index (χ4v) is 4.20. The van der Waals surface area contributed by atoms with Crippen molar-refractivity contribution in [2.24, 2.45) is 5.10 Å². The second kappa shape index (κ2) is 9.72. The second-order valence-corrected chi connectivity index (χ2v) is 8.33. The highest BCUT2D eigenvalue weighted by molar-refractivity contribution is 7.15. The largest absolute Gasteiger partial charge is 0.497 e. The van der Waals surface area contributed by atoms with Crippen LogP contribution in [0.25, 0.3) is 22.2 Å². The Morgan fingerprint density at radius 2 is 1.76 bits per heavy atom. The lowest BCUT2D eigenvalue weighted by atomic mass is 10.0. The van der Waals surface area contributed by atoms with E-state index in [0.717, 1.165) is 11.3 Å². The Hall–Kier alpha value is -4.24. The van der Waals surface area contributed by atoms with E-state index in [1.807, 2.05) is 30.3 Å². The maximum atomic E-state index is 13.2. The van der Waals surface area contributed by atoms with E-state index in [-0.39, 0.29) is 4.88 Å². The molecule has 34 heavy (non-hydrogen) atoms. The van der Waals surface area contributed by atoms with Crippen LogP contribution < -0.4 is 14.9 Å². The average Bonchev–Trinajstić information content (AvgIpc) is 3.37. The molecule has 8 nitrogen and oxygen atoms in total. The van der Waals surface area contributed by atoms with Gasteiger partial charge in [-0.05, 0) is 43.3 Å². The fraction of sp³-hybridized carbons (Fsp3) is 0.120. The van der Waals surface area contributed by atoms with Gasteiger partial charge in [-0.25, -0.2) is 15.2 Å². The van der Waals surface area contributed by atoms with Crippen molar-refractivity contribution < 1.29 is 24.2 Å². The lowest BCUT2D eigenvalue weighted by molar-refractivity contribution is 0.0702. The zero-order chi connectivity index (χ0) is 24.2. The van der Waals surface area contributed by atoms with E-state index in [2.05, 4.69) is 10.5 Å². The molecule has 172 valence electrons. The number of hydrogen-bond donors (Lipinski definition) is 2. The number of carboxylic acid groups (broad SMARTS) is 1. The first-order valence-electron chi connectivity index (χ1n) is 10.2. The van der Waals surface area contributed by atoms with E-state index in [0.29, 0.717) is 49.8 Å². The number of benzene rings is 2. The minimum atomic E-state index is -1.00. The van der Waals surface area contributed by atoms with E-state index < -0.39 is 11.9 Å². The van der Waals surface area contributed by atoms with Gasteiger partial charge in [-0.3, -0.25) is 4.79 Å². The number of pyridine rings is 1. The van der Waals surface area contributed by atoms with Crippen molar-refractivity contribution in [2.75, 3.05) is 14.2 Å². The van der Waals surface area contributed by atoms with Gasteiger partial charge in [-0.1, -0.05) is 18.2 Å². The van der Waals surface area contributed by atoms with Crippen LogP contribution >= 0.6 is 11.3 Å². The molecule has 2 N–H and O–H groups in total. The van der Waals surface area contributed by atoms with Gasteiger partial charge in [0.15, 0.2) is 0 Å². The third-order valence-electron chi connectivity index (χ3n) is 5.14. The SMILES string of the molecule is COc1ccc(-c2cc(C(=O)N/N=C(\C)c3ccc(C(=O)O)s3)c3ccccc3n2)c(OC)c1. The van der Waals surface area contributed by atoms with E-state index in [4.69, 9.17) is 19.6 Å². The number of nitrogens with one attached hydrogen (secondary N) is 1. The number of rotatable bonds is 7. The van der Waals surface area contributed by atoms with Crippen molar-refractivity contribution in [1.82, 2.24) is 10.4 Å². The molecule has 2 aromatic heterocycles. The van der Waals surface area contributed by atoms with Crippen LogP contribution in [-0.2, 0) is 0 Å². The molecule has 0 saturated heterocycles. The number of thiophene rings is 1. The van der Waals surface area contributed by atoms with Crippen LogP contribution in [0.5, 0.6) is 11.5 Å². The molecule has 0 spiro atoms. The second-order valence-electron chi connectivity index (χ2n) is 7.25. The van der Waals surface area contributed by atoms with Gasteiger partial charge in [0, 0.05) is 17.0 Å². The van der Waals surface area contributed by atoms with E-state index in [9.17, 15) is 9.59 Å². The van der Waals surface area contributed by atoms with Crippen LogP contribution in [0.2, 0.25) is 0 Å². The van der Waals surface area contributed by atoms with Crippen LogP contribution in [0.15, 0.2) is 65.8 Å². The minimum absolute atomic E-state index is 0.203. The normalized spacial score (nSPS) is 11.3. The first-order chi connectivity index (χ1) is 16.4. The van der Waals surface area contributed by atoms with Crippen LogP contribution in [0.1, 0.15) is 31.8 Å². The maximum absolute atomic E-state index is 13.2. The number of hydrazone groups is 1. The summed E-state index contributed by atoms with van der Waals surface area (Å²) in [5.41, 5.74) is 5.40. The Kier molecular flexibility index (Phi) is 6.55. The van der Waals surface area contributed by atoms with Gasteiger partial charge >= 0.3 is 5.97 Å². The Balaban J connectivity index is 1.72. The van der Waals surface area contributed by atoms with Crippen molar-refractivity contribution in [3.8, 4) is 22.8 Å². The van der Waals surface area contributed by atoms with E-state index in [1.54, 1.807) is 45.4 Å². The van der Waals surface area contributed by atoms with Crippen molar-refractivity contribution in [2.45, 2.75) is 6.92 Å². The van der Waals surface area contributed by atoms with Gasteiger partial charge in [0.1, 0.15) is 16.4 Å². The monoisotopic (exact) mass is 475 g/mol. The highest BCUT2D eigenvalue weighted by atomic mass is 32.1. The molecule has 0 aliphatic heterocycles. The zero-order valence-corrected chi connectivity index (χ0v) is 19.5. The summed E-state index contributed by atoms with van der Waals surface area (Å²) in [5.74, 6) is -0.211. The standard InChI is InChI=1S/C25H21N3O5S/c1-14(22-10-11-23(34-22)25(30)31)27-28-24(29)18-13-20(26-19-7-5-4-6-16(18)19)17-9-8-15(32-2)12-21(17)33-3/h4-13H,1-3H3,(H,28,29)(H,30,31)/b27-14+. The molecule has 0 aliphatic rings. The van der Waals surface area contributed by atoms with Crippen LogP contribution in [0.3, 0.4) is 0 Å². The number of carboxylic acids is 1. The Morgan fingerprint density at radius 3 is 2.47 bits per heavy atom. The highest BCUT2D eigenvalue weighted by Gasteiger charge is 2.17. The molecule has 0 bridgehead atoms. The molecule has 1 amide bonds. The van der Waals surface area contributed by atoms with Gasteiger partial charge in [0.25, 0.3) is 5.91 Å². The lowest BCUT2D eigenvalue weighted by Gasteiger charge is -2.13. The molecule has 9 heteroatoms. The van der Waals surface area contributed by atoms with E-state index >= 15 is 0 Å². The smallest absolute Gasteiger partial charge is 0.345 e. The summed E-state index contributed by atoms with van der Waals surface area (Å²) in [6.07, 6.45) is 0. The molecular formula is C25H21N3O5S. The van der Waals surface area contributed by atoms with Crippen LogP contribution in [-0.4, -0.2) is 41.9 Å². The molecule has 0 saturated carbocycles. The first kappa shape index (κ1) is 22.9. The Labute approximate surface area is 199 Å². The lowest BCUT2D eigenvalue weighted by Crippen LogP contribution is -2.20. The first-order valence-corrected chi connectivity index (χ1v) is 11.0. The Bertz CT molecular complexity index is 1430. The van der Waals surface area contributed by atoms with Gasteiger partial charge in [0.2, 0.25) is 0 Å². The number of ether oxygens (including phenoxy) is 2. The van der Waals surface area contributed by atoms with Crippen LogP contribution in [0, 0.1) is 0 Å². The fourth-order valence-electron chi connectivity index (χ4n) is 3.41. The number of carbonyl (C=O) groups excluding carboxylic acids is 1. The number of carbonyl (C=O) groups is 2. The van der Waals surface area contributed by atoms with Gasteiger partial charge in [0.05, 0.1) is 41.6 Å². The number of hydrogen-bond acceptors (Lipinski definition) is 7. The zero-order valence-electron chi connectivity index (χ0n) is 18.7. The average molecular weight is 476 g/mol. The molecule has 0 atom stereocenters. The topological polar surface area (TPSA) is 110 Å². The highest BCUT2D eigenvalue weighted by Crippen LogP contribution is 2.34. The summed E-state index contributed by atoms with van der Waals surface area (Å²) in [5, 5.41) is 14.0. The number of amides is 1. The number of methoxy groups -OCH3 is 2. The summed E-state index contributed by atoms with van der Waals surface area (Å²) >= 11 is 1.09. The van der Waals surface area contributed by atoms with Crippen molar-refractivity contribution in [1.29, 1.82) is 0 Å².